The van der Waals surface area contributed by atoms with E-state index >= 15 is 0 Å². The van der Waals surface area contributed by atoms with Crippen molar-refractivity contribution in [1.82, 2.24) is 14.9 Å². The maximum atomic E-state index is 12.5. The normalized spacial score (nSPS) is 10.5. The van der Waals surface area contributed by atoms with Gasteiger partial charge in [0.25, 0.3) is 5.91 Å². The minimum Gasteiger partial charge on any atom is -0.372 e. The fraction of sp³-hybridized carbons (Fsp3) is 0.238. The van der Waals surface area contributed by atoms with Gasteiger partial charge in [-0.3, -0.25) is 9.36 Å². The molecule has 0 bridgehead atoms. The second kappa shape index (κ2) is 8.85. The highest BCUT2D eigenvalue weighted by Crippen LogP contribution is 2.13. The second-order valence-corrected chi connectivity index (χ2v) is 6.01. The number of amides is 1. The summed E-state index contributed by atoms with van der Waals surface area (Å²) in [4.78, 5) is 18.9. The summed E-state index contributed by atoms with van der Waals surface area (Å²) in [6.45, 7) is 4.61. The van der Waals surface area contributed by atoms with E-state index in [1.165, 1.54) is 5.69 Å². The average Bonchev–Trinajstić information content (AvgIpc) is 3.19. The molecular formula is C21H24N4O. The first-order valence-corrected chi connectivity index (χ1v) is 8.95. The van der Waals surface area contributed by atoms with Gasteiger partial charge in [0.2, 0.25) is 0 Å². The zero-order valence-electron chi connectivity index (χ0n) is 15.0. The number of benzene rings is 2. The van der Waals surface area contributed by atoms with E-state index in [1.54, 1.807) is 17.1 Å². The molecule has 0 aliphatic carbocycles. The van der Waals surface area contributed by atoms with Crippen molar-refractivity contribution in [2.45, 2.75) is 13.3 Å². The number of nitrogens with zero attached hydrogens (tertiary/aromatic N) is 3. The van der Waals surface area contributed by atoms with Gasteiger partial charge in [-0.05, 0) is 37.6 Å². The topological polar surface area (TPSA) is 50.2 Å². The number of hydrogen-bond acceptors (Lipinski definition) is 3. The highest BCUT2D eigenvalue weighted by Gasteiger charge is 2.12. The molecule has 1 amide bonds. The summed E-state index contributed by atoms with van der Waals surface area (Å²) in [7, 11) is 0. The highest BCUT2D eigenvalue weighted by atomic mass is 16.1. The van der Waals surface area contributed by atoms with Crippen LogP contribution in [0.15, 0.2) is 73.2 Å². The minimum atomic E-state index is -0.103. The molecule has 0 spiro atoms. The molecule has 0 atom stereocenters. The van der Waals surface area contributed by atoms with Gasteiger partial charge in [0, 0.05) is 31.0 Å². The van der Waals surface area contributed by atoms with Gasteiger partial charge in [-0.2, -0.15) is 0 Å². The van der Waals surface area contributed by atoms with Gasteiger partial charge in [-0.15, -0.1) is 0 Å². The standard InChI is InChI=1S/C21H24N4O/c1-2-24(18-10-5-3-6-11-18)15-9-14-23-21(26)20-16-22-17-25(20)19-12-7-4-8-13-19/h3-8,10-13,16-17H,2,9,14-15H2,1H3,(H,23,26). The number of carbonyl (C=O) groups is 1. The minimum absolute atomic E-state index is 0.103. The maximum absolute atomic E-state index is 12.5. The fourth-order valence-corrected chi connectivity index (χ4v) is 2.93. The van der Waals surface area contributed by atoms with Gasteiger partial charge in [-0.1, -0.05) is 36.4 Å². The lowest BCUT2D eigenvalue weighted by atomic mass is 10.2. The van der Waals surface area contributed by atoms with E-state index in [-0.39, 0.29) is 5.91 Å². The first-order valence-electron chi connectivity index (χ1n) is 8.95. The molecule has 0 fully saturated rings. The Bertz CT molecular complexity index is 814. The molecule has 0 saturated carbocycles. The molecule has 134 valence electrons. The summed E-state index contributed by atoms with van der Waals surface area (Å²) >= 11 is 0. The number of anilines is 1. The van der Waals surface area contributed by atoms with Crippen LogP contribution in [0.4, 0.5) is 5.69 Å². The van der Waals surface area contributed by atoms with E-state index in [2.05, 4.69) is 34.3 Å². The average molecular weight is 348 g/mol. The third kappa shape index (κ3) is 4.30. The van der Waals surface area contributed by atoms with Crippen LogP contribution < -0.4 is 10.2 Å². The van der Waals surface area contributed by atoms with Gasteiger partial charge in [0.1, 0.15) is 5.69 Å². The van der Waals surface area contributed by atoms with Crippen molar-refractivity contribution in [3.05, 3.63) is 78.9 Å². The van der Waals surface area contributed by atoms with E-state index in [4.69, 9.17) is 0 Å². The Hall–Kier alpha value is -3.08. The zero-order chi connectivity index (χ0) is 18.2. The summed E-state index contributed by atoms with van der Waals surface area (Å²) in [5.41, 5.74) is 2.69. The Labute approximate surface area is 154 Å². The summed E-state index contributed by atoms with van der Waals surface area (Å²) in [6, 6.07) is 20.1. The van der Waals surface area contributed by atoms with E-state index in [9.17, 15) is 4.79 Å². The first kappa shape index (κ1) is 17.7. The van der Waals surface area contributed by atoms with Gasteiger partial charge < -0.3 is 10.2 Å². The summed E-state index contributed by atoms with van der Waals surface area (Å²) < 4.78 is 1.80. The van der Waals surface area contributed by atoms with Gasteiger partial charge in [0.05, 0.1) is 12.5 Å². The number of hydrogen-bond donors (Lipinski definition) is 1. The molecular weight excluding hydrogens is 324 g/mol. The van der Waals surface area contributed by atoms with Gasteiger partial charge in [-0.25, -0.2) is 4.98 Å². The fourth-order valence-electron chi connectivity index (χ4n) is 2.93. The molecule has 0 saturated heterocycles. The molecule has 5 heteroatoms. The van der Waals surface area contributed by atoms with Crippen molar-refractivity contribution in [1.29, 1.82) is 0 Å². The monoisotopic (exact) mass is 348 g/mol. The molecule has 1 heterocycles. The van der Waals surface area contributed by atoms with E-state index in [0.717, 1.165) is 25.2 Å². The van der Waals surface area contributed by atoms with Crippen molar-refractivity contribution in [3.8, 4) is 5.69 Å². The van der Waals surface area contributed by atoms with Crippen LogP contribution in [0.2, 0.25) is 0 Å². The van der Waals surface area contributed by atoms with Gasteiger partial charge >= 0.3 is 0 Å². The van der Waals surface area contributed by atoms with Crippen LogP contribution in [-0.4, -0.2) is 35.1 Å². The zero-order valence-corrected chi connectivity index (χ0v) is 15.0. The lowest BCUT2D eigenvalue weighted by Gasteiger charge is -2.23. The predicted molar refractivity (Wildman–Crippen MR) is 105 cm³/mol. The lowest BCUT2D eigenvalue weighted by molar-refractivity contribution is 0.0946. The van der Waals surface area contributed by atoms with Crippen LogP contribution in [0.25, 0.3) is 5.69 Å². The Morgan fingerprint density at radius 2 is 1.77 bits per heavy atom. The first-order chi connectivity index (χ1) is 12.8. The molecule has 1 aromatic heterocycles. The molecule has 26 heavy (non-hydrogen) atoms. The van der Waals surface area contributed by atoms with E-state index < -0.39 is 0 Å². The Morgan fingerprint density at radius 3 is 2.46 bits per heavy atom. The molecule has 0 unspecified atom stereocenters. The smallest absolute Gasteiger partial charge is 0.269 e. The number of rotatable bonds is 8. The summed E-state index contributed by atoms with van der Waals surface area (Å²) in [5, 5.41) is 3.00. The molecule has 3 aromatic rings. The van der Waals surface area contributed by atoms with E-state index in [0.29, 0.717) is 12.2 Å². The molecule has 2 aromatic carbocycles. The Morgan fingerprint density at radius 1 is 1.08 bits per heavy atom. The van der Waals surface area contributed by atoms with Crippen LogP contribution in [-0.2, 0) is 0 Å². The molecule has 0 radical (unpaired) electrons. The summed E-state index contributed by atoms with van der Waals surface area (Å²) in [6.07, 6.45) is 4.15. The Kier molecular flexibility index (Phi) is 6.04. The SMILES string of the molecule is CCN(CCCNC(=O)c1cncn1-c1ccccc1)c1ccccc1. The van der Waals surface area contributed by atoms with Crippen molar-refractivity contribution in [3.63, 3.8) is 0 Å². The molecule has 1 N–H and O–H groups in total. The van der Waals surface area contributed by atoms with Crippen molar-refractivity contribution in [2.75, 3.05) is 24.5 Å². The van der Waals surface area contributed by atoms with Crippen LogP contribution in [0.1, 0.15) is 23.8 Å². The van der Waals surface area contributed by atoms with Crippen LogP contribution in [0.3, 0.4) is 0 Å². The van der Waals surface area contributed by atoms with Crippen LogP contribution >= 0.6 is 0 Å². The number of carbonyl (C=O) groups excluding carboxylic acids is 1. The Balaban J connectivity index is 1.53. The van der Waals surface area contributed by atoms with E-state index in [1.807, 2.05) is 48.5 Å². The van der Waals surface area contributed by atoms with Gasteiger partial charge in [0.15, 0.2) is 0 Å². The van der Waals surface area contributed by atoms with Crippen LogP contribution in [0, 0.1) is 0 Å². The quantitative estimate of drug-likeness (QED) is 0.634. The maximum Gasteiger partial charge on any atom is 0.269 e. The molecule has 5 nitrogen and oxygen atoms in total. The largest absolute Gasteiger partial charge is 0.372 e. The molecule has 3 rings (SSSR count). The third-order valence-electron chi connectivity index (χ3n) is 4.30. The molecule has 0 aliphatic heterocycles. The number of imidazole rings is 1. The number of para-hydroxylation sites is 2. The molecule has 0 aliphatic rings. The highest BCUT2D eigenvalue weighted by molar-refractivity contribution is 5.92. The lowest BCUT2D eigenvalue weighted by Crippen LogP contribution is -2.30. The third-order valence-corrected chi connectivity index (χ3v) is 4.30. The van der Waals surface area contributed by atoms with Crippen molar-refractivity contribution >= 4 is 11.6 Å². The number of nitrogens with one attached hydrogen (secondary N) is 1. The van der Waals surface area contributed by atoms with Crippen molar-refractivity contribution in [2.24, 2.45) is 0 Å². The van der Waals surface area contributed by atoms with Crippen LogP contribution in [0.5, 0.6) is 0 Å². The number of aromatic nitrogens is 2. The van der Waals surface area contributed by atoms with Crippen molar-refractivity contribution < 1.29 is 4.79 Å². The second-order valence-electron chi connectivity index (χ2n) is 6.01. The predicted octanol–water partition coefficient (Wildman–Crippen LogP) is 3.52. The summed E-state index contributed by atoms with van der Waals surface area (Å²) in [5.74, 6) is -0.103.